The lowest BCUT2D eigenvalue weighted by Gasteiger charge is -2.21. The molecule has 0 radical (unpaired) electrons. The lowest BCUT2D eigenvalue weighted by atomic mass is 10.1. The summed E-state index contributed by atoms with van der Waals surface area (Å²) in [5.41, 5.74) is 2.30. The fourth-order valence-corrected chi connectivity index (χ4v) is 3.29. The smallest absolute Gasteiger partial charge is 0.303 e. The van der Waals surface area contributed by atoms with Crippen LogP contribution in [0, 0.1) is 11.3 Å². The van der Waals surface area contributed by atoms with Crippen LogP contribution >= 0.6 is 11.6 Å². The molecule has 1 aromatic heterocycles. The summed E-state index contributed by atoms with van der Waals surface area (Å²) in [5, 5.41) is 9.70. The Hall–Kier alpha value is -3.15. The minimum Gasteiger partial charge on any atom is -0.428 e. The van der Waals surface area contributed by atoms with E-state index in [9.17, 15) is 9.00 Å². The third-order valence-corrected chi connectivity index (χ3v) is 4.98. The molecule has 0 aliphatic rings. The van der Waals surface area contributed by atoms with E-state index in [4.69, 9.17) is 21.3 Å². The maximum atomic E-state index is 12.4. The number of aryl methyl sites for hydroxylation is 1. The first-order chi connectivity index (χ1) is 14.4. The maximum absolute atomic E-state index is 12.4. The molecular weight excluding hydrogens is 424 g/mol. The molecule has 2 aromatic carbocycles. The predicted molar refractivity (Wildman–Crippen MR) is 116 cm³/mol. The van der Waals surface area contributed by atoms with E-state index in [1.165, 1.54) is 6.26 Å². The number of amides is 1. The molecule has 0 bridgehead atoms. The van der Waals surface area contributed by atoms with Gasteiger partial charge in [-0.2, -0.15) is 10.2 Å². The Labute approximate surface area is 181 Å². The molecule has 7 nitrogen and oxygen atoms in total. The lowest BCUT2D eigenvalue weighted by Crippen LogP contribution is -2.26. The average Bonchev–Trinajstić information content (AvgIpc) is 3.17. The monoisotopic (exact) mass is 442 g/mol. The van der Waals surface area contributed by atoms with Crippen molar-refractivity contribution < 1.29 is 13.4 Å². The topological polar surface area (TPSA) is 99.2 Å². The number of benzene rings is 2. The van der Waals surface area contributed by atoms with Gasteiger partial charge in [0.25, 0.3) is 5.91 Å². The fourth-order valence-electron chi connectivity index (χ4n) is 2.81. The van der Waals surface area contributed by atoms with Gasteiger partial charge in [-0.3, -0.25) is 14.4 Å². The van der Waals surface area contributed by atoms with E-state index in [1.807, 2.05) is 19.1 Å². The second-order valence-electron chi connectivity index (χ2n) is 6.38. The van der Waals surface area contributed by atoms with Gasteiger partial charge in [-0.05, 0) is 42.0 Å². The molecule has 1 unspecified atom stereocenters. The van der Waals surface area contributed by atoms with E-state index >= 15 is 0 Å². The van der Waals surface area contributed by atoms with Crippen molar-refractivity contribution in [3.63, 3.8) is 0 Å². The van der Waals surface area contributed by atoms with Gasteiger partial charge in [0.15, 0.2) is 5.69 Å². The van der Waals surface area contributed by atoms with Gasteiger partial charge < -0.3 is 4.42 Å². The summed E-state index contributed by atoms with van der Waals surface area (Å²) in [6, 6.07) is 16.6. The first-order valence-corrected chi connectivity index (χ1v) is 11.0. The van der Waals surface area contributed by atoms with Crippen LogP contribution in [0.1, 0.15) is 34.3 Å². The van der Waals surface area contributed by atoms with Gasteiger partial charge in [-0.25, -0.2) is 4.21 Å². The molecule has 1 N–H and O–H groups in total. The SMILES string of the molecule is CCc1oc(N(Cc2ccc(Cl)cc2)c2ccc(C#N)cc2)nc1C(=O)NS(C)=O. The normalized spacial score (nSPS) is 11.5. The number of carbonyl (C=O) groups is 1. The van der Waals surface area contributed by atoms with Crippen LogP contribution in [0.3, 0.4) is 0 Å². The molecule has 0 spiro atoms. The van der Waals surface area contributed by atoms with Gasteiger partial charge in [-0.15, -0.1) is 0 Å². The fraction of sp³-hybridized carbons (Fsp3) is 0.190. The van der Waals surface area contributed by atoms with Crippen LogP contribution in [0.4, 0.5) is 11.7 Å². The molecule has 154 valence electrons. The number of hydrogen-bond acceptors (Lipinski definition) is 6. The van der Waals surface area contributed by atoms with Gasteiger partial charge in [-0.1, -0.05) is 30.7 Å². The maximum Gasteiger partial charge on any atom is 0.303 e. The van der Waals surface area contributed by atoms with Crippen molar-refractivity contribution in [3.8, 4) is 6.07 Å². The summed E-state index contributed by atoms with van der Waals surface area (Å²) in [6.07, 6.45) is 1.81. The molecule has 30 heavy (non-hydrogen) atoms. The van der Waals surface area contributed by atoms with Crippen LogP contribution in [0.5, 0.6) is 0 Å². The van der Waals surface area contributed by atoms with Crippen molar-refractivity contribution in [1.82, 2.24) is 9.71 Å². The minimum atomic E-state index is -1.52. The van der Waals surface area contributed by atoms with E-state index in [0.717, 1.165) is 11.3 Å². The number of anilines is 2. The van der Waals surface area contributed by atoms with Crippen molar-refractivity contribution in [2.75, 3.05) is 11.2 Å². The second-order valence-corrected chi connectivity index (χ2v) is 7.93. The van der Waals surface area contributed by atoms with E-state index < -0.39 is 16.9 Å². The Kier molecular flexibility index (Phi) is 6.87. The van der Waals surface area contributed by atoms with Gasteiger partial charge in [0, 0.05) is 23.4 Å². The highest BCUT2D eigenvalue weighted by molar-refractivity contribution is 7.82. The third-order valence-electron chi connectivity index (χ3n) is 4.25. The third kappa shape index (κ3) is 5.06. The van der Waals surface area contributed by atoms with Crippen molar-refractivity contribution in [2.24, 2.45) is 0 Å². The Bertz CT molecular complexity index is 1100. The quantitative estimate of drug-likeness (QED) is 0.590. The van der Waals surface area contributed by atoms with Crippen LogP contribution in [-0.2, 0) is 24.0 Å². The molecule has 3 aromatic rings. The second kappa shape index (κ2) is 9.57. The van der Waals surface area contributed by atoms with Crippen molar-refractivity contribution in [3.05, 3.63) is 76.1 Å². The van der Waals surface area contributed by atoms with E-state index in [2.05, 4.69) is 15.8 Å². The number of nitrogens with zero attached hydrogens (tertiary/aromatic N) is 3. The van der Waals surface area contributed by atoms with Gasteiger partial charge >= 0.3 is 6.01 Å². The molecule has 1 heterocycles. The van der Waals surface area contributed by atoms with Gasteiger partial charge in [0.05, 0.1) is 18.2 Å². The van der Waals surface area contributed by atoms with Crippen molar-refractivity contribution in [1.29, 1.82) is 5.26 Å². The Morgan fingerprint density at radius 2 is 1.90 bits per heavy atom. The Balaban J connectivity index is 2.03. The summed E-state index contributed by atoms with van der Waals surface area (Å²) in [4.78, 5) is 18.6. The molecule has 1 atom stereocenters. The number of aromatic nitrogens is 1. The highest BCUT2D eigenvalue weighted by atomic mass is 35.5. The number of hydrogen-bond donors (Lipinski definition) is 1. The van der Waals surface area contributed by atoms with Crippen LogP contribution in [0.15, 0.2) is 52.9 Å². The Morgan fingerprint density at radius 1 is 1.23 bits per heavy atom. The number of nitriles is 1. The summed E-state index contributed by atoms with van der Waals surface area (Å²) in [5.74, 6) is -0.170. The van der Waals surface area contributed by atoms with Gasteiger partial charge in [0.1, 0.15) is 16.7 Å². The molecule has 3 rings (SSSR count). The molecule has 0 aliphatic heterocycles. The summed E-state index contributed by atoms with van der Waals surface area (Å²) < 4.78 is 19.6. The summed E-state index contributed by atoms with van der Waals surface area (Å²) in [6.45, 7) is 2.24. The molecule has 0 aliphatic carbocycles. The largest absolute Gasteiger partial charge is 0.428 e. The highest BCUT2D eigenvalue weighted by Gasteiger charge is 2.24. The number of carbonyl (C=O) groups excluding carboxylic acids is 1. The van der Waals surface area contributed by atoms with E-state index in [1.54, 1.807) is 41.3 Å². The molecule has 0 saturated carbocycles. The number of halogens is 1. The number of nitrogens with one attached hydrogen (secondary N) is 1. The number of rotatable bonds is 7. The standard InChI is InChI=1S/C21H19ClN4O3S/c1-3-18-19(20(27)25-30(2)28)24-21(29-18)26(13-15-4-8-16(22)9-5-15)17-10-6-14(12-23)7-11-17/h4-11H,3,13H2,1-2H3,(H,25,27). The summed E-state index contributed by atoms with van der Waals surface area (Å²) >= 11 is 5.99. The molecule has 9 heteroatoms. The zero-order valence-corrected chi connectivity index (χ0v) is 18.0. The van der Waals surface area contributed by atoms with Crippen LogP contribution in [0.25, 0.3) is 0 Å². The molecule has 1 amide bonds. The predicted octanol–water partition coefficient (Wildman–Crippen LogP) is 4.12. The van der Waals surface area contributed by atoms with Crippen LogP contribution in [0.2, 0.25) is 5.02 Å². The Morgan fingerprint density at radius 3 is 2.47 bits per heavy atom. The highest BCUT2D eigenvalue weighted by Crippen LogP contribution is 2.30. The van der Waals surface area contributed by atoms with E-state index in [0.29, 0.717) is 29.3 Å². The van der Waals surface area contributed by atoms with Crippen LogP contribution < -0.4 is 9.62 Å². The zero-order valence-electron chi connectivity index (χ0n) is 16.4. The van der Waals surface area contributed by atoms with Crippen LogP contribution in [-0.4, -0.2) is 21.4 Å². The van der Waals surface area contributed by atoms with E-state index in [-0.39, 0.29) is 11.7 Å². The van der Waals surface area contributed by atoms with Crippen molar-refractivity contribution in [2.45, 2.75) is 19.9 Å². The first kappa shape index (κ1) is 21.6. The zero-order chi connectivity index (χ0) is 21.7. The van der Waals surface area contributed by atoms with Crippen molar-refractivity contribution >= 4 is 40.2 Å². The first-order valence-electron chi connectivity index (χ1n) is 9.07. The lowest BCUT2D eigenvalue weighted by molar-refractivity contribution is 0.0977. The molecule has 0 saturated heterocycles. The number of oxazole rings is 1. The average molecular weight is 443 g/mol. The summed E-state index contributed by atoms with van der Waals surface area (Å²) in [7, 11) is -1.52. The minimum absolute atomic E-state index is 0.0949. The van der Waals surface area contributed by atoms with Gasteiger partial charge in [0.2, 0.25) is 0 Å². The molecular formula is C21H19ClN4O3S. The molecule has 0 fully saturated rings.